The maximum atomic E-state index is 12.6. The molecule has 3 N–H and O–H groups in total. The zero-order chi connectivity index (χ0) is 26.0. The summed E-state index contributed by atoms with van der Waals surface area (Å²) >= 11 is 0. The van der Waals surface area contributed by atoms with Crippen molar-refractivity contribution in [2.45, 2.75) is 31.7 Å². The molecule has 8 nitrogen and oxygen atoms in total. The van der Waals surface area contributed by atoms with Crippen molar-refractivity contribution in [2.75, 3.05) is 5.32 Å². The van der Waals surface area contributed by atoms with E-state index in [1.165, 1.54) is 12.1 Å². The molecule has 1 amide bonds. The number of carbonyl (C=O) groups is 2. The van der Waals surface area contributed by atoms with Crippen LogP contribution < -0.4 is 10.0 Å². The van der Waals surface area contributed by atoms with Gasteiger partial charge in [0, 0.05) is 11.1 Å². The van der Waals surface area contributed by atoms with Gasteiger partial charge in [0.05, 0.1) is 4.90 Å². The summed E-state index contributed by atoms with van der Waals surface area (Å²) in [4.78, 5) is 23.9. The highest BCUT2D eigenvalue weighted by Gasteiger charge is 2.28. The number of hydrogen-bond donors (Lipinski definition) is 3. The summed E-state index contributed by atoms with van der Waals surface area (Å²) < 4.78 is 33.1. The SMILES string of the molecule is Cc1ccc2oc(C(=O)Nc3ccc(-c4ccc(S(=O)(=O)N[C@H](C(=O)O)C(C)C)cc4)cc3)cc2c1. The number of aryl methyl sites for hydroxylation is 1. The molecule has 3 aromatic carbocycles. The number of fused-ring (bicyclic) bond motifs is 1. The third-order valence-electron chi connectivity index (χ3n) is 5.75. The van der Waals surface area contributed by atoms with Crippen molar-refractivity contribution >= 4 is 38.6 Å². The van der Waals surface area contributed by atoms with E-state index in [4.69, 9.17) is 4.42 Å². The van der Waals surface area contributed by atoms with E-state index in [-0.39, 0.29) is 16.6 Å². The van der Waals surface area contributed by atoms with Crippen LogP contribution in [0.15, 0.2) is 82.1 Å². The van der Waals surface area contributed by atoms with Crippen molar-refractivity contribution in [1.29, 1.82) is 0 Å². The number of nitrogens with one attached hydrogen (secondary N) is 2. The van der Waals surface area contributed by atoms with Crippen molar-refractivity contribution in [2.24, 2.45) is 5.92 Å². The Kier molecular flexibility index (Phi) is 6.96. The number of anilines is 1. The van der Waals surface area contributed by atoms with Gasteiger partial charge in [0.25, 0.3) is 5.91 Å². The second kappa shape index (κ2) is 9.96. The number of rotatable bonds is 8. The number of benzene rings is 3. The van der Waals surface area contributed by atoms with Crippen molar-refractivity contribution in [3.63, 3.8) is 0 Å². The molecule has 0 unspecified atom stereocenters. The zero-order valence-electron chi connectivity index (χ0n) is 20.0. The number of carbonyl (C=O) groups excluding carboxylic acids is 1. The van der Waals surface area contributed by atoms with Gasteiger partial charge in [0.2, 0.25) is 10.0 Å². The molecule has 186 valence electrons. The molecule has 0 aliphatic rings. The Morgan fingerprint density at radius 3 is 2.08 bits per heavy atom. The Bertz CT molecular complexity index is 1520. The Hall–Kier alpha value is -3.95. The van der Waals surface area contributed by atoms with Gasteiger partial charge in [-0.2, -0.15) is 4.72 Å². The van der Waals surface area contributed by atoms with Gasteiger partial charge in [0.15, 0.2) is 5.76 Å². The maximum absolute atomic E-state index is 12.6. The summed E-state index contributed by atoms with van der Waals surface area (Å²) in [6.07, 6.45) is 0. The molecule has 1 heterocycles. The van der Waals surface area contributed by atoms with E-state index in [1.54, 1.807) is 56.3 Å². The molecule has 9 heteroatoms. The predicted molar refractivity (Wildman–Crippen MR) is 137 cm³/mol. The van der Waals surface area contributed by atoms with E-state index in [0.29, 0.717) is 11.3 Å². The third-order valence-corrected chi connectivity index (χ3v) is 7.21. The first kappa shape index (κ1) is 25.2. The lowest BCUT2D eigenvalue weighted by atomic mass is 10.1. The van der Waals surface area contributed by atoms with Gasteiger partial charge < -0.3 is 14.8 Å². The van der Waals surface area contributed by atoms with Crippen molar-refractivity contribution in [3.8, 4) is 11.1 Å². The minimum absolute atomic E-state index is 0.0249. The van der Waals surface area contributed by atoms with Crippen LogP contribution in [0, 0.1) is 12.8 Å². The van der Waals surface area contributed by atoms with Crippen LogP contribution in [0.2, 0.25) is 0 Å². The number of sulfonamides is 1. The van der Waals surface area contributed by atoms with E-state index in [9.17, 15) is 23.1 Å². The molecule has 1 aromatic heterocycles. The van der Waals surface area contributed by atoms with Crippen LogP contribution in [0.3, 0.4) is 0 Å². The third kappa shape index (κ3) is 5.48. The second-order valence-corrected chi connectivity index (χ2v) is 10.6. The average Bonchev–Trinajstić information content (AvgIpc) is 3.26. The number of hydrogen-bond acceptors (Lipinski definition) is 5. The van der Waals surface area contributed by atoms with Gasteiger partial charge in [-0.3, -0.25) is 9.59 Å². The first-order chi connectivity index (χ1) is 17.0. The Morgan fingerprint density at radius 2 is 1.50 bits per heavy atom. The van der Waals surface area contributed by atoms with Gasteiger partial charge >= 0.3 is 5.97 Å². The topological polar surface area (TPSA) is 126 Å². The van der Waals surface area contributed by atoms with Crippen LogP contribution in [-0.4, -0.2) is 31.4 Å². The van der Waals surface area contributed by atoms with Crippen LogP contribution in [-0.2, 0) is 14.8 Å². The normalized spacial score (nSPS) is 12.6. The number of carboxylic acid groups (broad SMARTS) is 1. The molecule has 0 aliphatic carbocycles. The Balaban J connectivity index is 1.45. The fraction of sp³-hybridized carbons (Fsp3) is 0.185. The zero-order valence-corrected chi connectivity index (χ0v) is 20.8. The van der Waals surface area contributed by atoms with Crippen LogP contribution >= 0.6 is 0 Å². The standard InChI is InChI=1S/C27H26N2O6S/c1-16(2)25(27(31)32)29-36(33,34)22-11-7-19(8-12-22)18-5-9-21(10-6-18)28-26(30)24-15-20-14-17(3)4-13-23(20)35-24/h4-16,25,29H,1-3H3,(H,28,30)(H,31,32)/t25-/m0/s1. The van der Waals surface area contributed by atoms with E-state index < -0.39 is 28.0 Å². The van der Waals surface area contributed by atoms with E-state index in [2.05, 4.69) is 10.0 Å². The molecule has 1 atom stereocenters. The average molecular weight is 507 g/mol. The van der Waals surface area contributed by atoms with Crippen molar-refractivity contribution in [3.05, 3.63) is 84.1 Å². The summed E-state index contributed by atoms with van der Waals surface area (Å²) in [5.74, 6) is -1.79. The van der Waals surface area contributed by atoms with Crippen LogP contribution in [0.25, 0.3) is 22.1 Å². The smallest absolute Gasteiger partial charge is 0.322 e. The van der Waals surface area contributed by atoms with E-state index >= 15 is 0 Å². The number of amides is 1. The Morgan fingerprint density at radius 1 is 0.889 bits per heavy atom. The van der Waals surface area contributed by atoms with Crippen molar-refractivity contribution < 1.29 is 27.5 Å². The predicted octanol–water partition coefficient (Wildman–Crippen LogP) is 5.05. The molecule has 36 heavy (non-hydrogen) atoms. The molecule has 4 rings (SSSR count). The number of aliphatic carboxylic acids is 1. The highest BCUT2D eigenvalue weighted by molar-refractivity contribution is 7.89. The lowest BCUT2D eigenvalue weighted by molar-refractivity contribution is -0.140. The first-order valence-corrected chi connectivity index (χ1v) is 12.8. The first-order valence-electron chi connectivity index (χ1n) is 11.3. The number of carboxylic acids is 1. The molecule has 0 fully saturated rings. The van der Waals surface area contributed by atoms with Gasteiger partial charge in [0.1, 0.15) is 11.6 Å². The van der Waals surface area contributed by atoms with Gasteiger partial charge in [-0.25, -0.2) is 8.42 Å². The number of furan rings is 1. The summed E-state index contributed by atoms with van der Waals surface area (Å²) in [5.41, 5.74) is 3.88. The minimum Gasteiger partial charge on any atom is -0.480 e. The fourth-order valence-corrected chi connectivity index (χ4v) is 5.08. The molecule has 0 spiro atoms. The van der Waals surface area contributed by atoms with E-state index in [0.717, 1.165) is 22.1 Å². The molecular weight excluding hydrogens is 480 g/mol. The Labute approximate surface area is 209 Å². The van der Waals surface area contributed by atoms with Crippen LogP contribution in [0.1, 0.15) is 30.0 Å². The van der Waals surface area contributed by atoms with Gasteiger partial charge in [-0.15, -0.1) is 0 Å². The summed E-state index contributed by atoms with van der Waals surface area (Å²) in [7, 11) is -3.99. The lowest BCUT2D eigenvalue weighted by Crippen LogP contribution is -2.44. The highest BCUT2D eigenvalue weighted by atomic mass is 32.2. The highest BCUT2D eigenvalue weighted by Crippen LogP contribution is 2.25. The summed E-state index contributed by atoms with van der Waals surface area (Å²) in [5, 5.41) is 12.9. The van der Waals surface area contributed by atoms with Crippen LogP contribution in [0.4, 0.5) is 5.69 Å². The lowest BCUT2D eigenvalue weighted by Gasteiger charge is -2.18. The molecule has 0 radical (unpaired) electrons. The molecule has 4 aromatic rings. The summed E-state index contributed by atoms with van der Waals surface area (Å²) in [6, 6.07) is 19.4. The fourth-order valence-electron chi connectivity index (χ4n) is 3.75. The quantitative estimate of drug-likeness (QED) is 0.307. The monoisotopic (exact) mass is 506 g/mol. The van der Waals surface area contributed by atoms with E-state index in [1.807, 2.05) is 25.1 Å². The molecule has 0 aliphatic heterocycles. The molecule has 0 saturated carbocycles. The molecular formula is C27H26N2O6S. The summed E-state index contributed by atoms with van der Waals surface area (Å²) in [6.45, 7) is 5.24. The molecule has 0 bridgehead atoms. The second-order valence-electron chi connectivity index (χ2n) is 8.89. The minimum atomic E-state index is -3.99. The van der Waals surface area contributed by atoms with Gasteiger partial charge in [-0.1, -0.05) is 49.7 Å². The molecule has 0 saturated heterocycles. The van der Waals surface area contributed by atoms with Gasteiger partial charge in [-0.05, 0) is 66.4 Å². The maximum Gasteiger partial charge on any atom is 0.322 e. The van der Waals surface area contributed by atoms with Crippen LogP contribution in [0.5, 0.6) is 0 Å². The van der Waals surface area contributed by atoms with Crippen molar-refractivity contribution in [1.82, 2.24) is 4.72 Å². The largest absolute Gasteiger partial charge is 0.480 e.